The van der Waals surface area contributed by atoms with E-state index in [1.165, 1.54) is 10.6 Å². The maximum atomic E-state index is 13.1. The molecule has 3 unspecified atom stereocenters. The standard InChI is InChI=1S/C19H19F3N8S/c1-10-8-29(11(2)16(27-10)12-5-25-26-6-12)15-3-4-23-17(28-15)13-7-24-18-30(13)9-14(31-18)19(20,21)22/h3-7,9-11,16,27H,8H2,1-2H3,(H,25,26). The van der Waals surface area contributed by atoms with Crippen molar-refractivity contribution in [3.63, 3.8) is 0 Å². The maximum absolute atomic E-state index is 13.1. The Morgan fingerprint density at radius 3 is 2.77 bits per heavy atom. The van der Waals surface area contributed by atoms with Gasteiger partial charge in [0, 0.05) is 42.8 Å². The Kier molecular flexibility index (Phi) is 4.70. The normalized spacial score (nSPS) is 22.4. The van der Waals surface area contributed by atoms with E-state index in [0.717, 1.165) is 18.3 Å². The first kappa shape index (κ1) is 19.9. The highest BCUT2D eigenvalue weighted by Crippen LogP contribution is 2.36. The molecule has 8 nitrogen and oxygen atoms in total. The number of fused-ring (bicyclic) bond motifs is 1. The topological polar surface area (TPSA) is 87.0 Å². The Morgan fingerprint density at radius 1 is 1.19 bits per heavy atom. The first-order valence-electron chi connectivity index (χ1n) is 9.70. The zero-order chi connectivity index (χ0) is 21.8. The minimum Gasteiger partial charge on any atom is -0.350 e. The third-order valence-electron chi connectivity index (χ3n) is 5.44. The van der Waals surface area contributed by atoms with Crippen LogP contribution < -0.4 is 10.2 Å². The molecule has 4 aromatic heterocycles. The van der Waals surface area contributed by atoms with Crippen molar-refractivity contribution in [3.8, 4) is 11.5 Å². The number of alkyl halides is 3. The van der Waals surface area contributed by atoms with Gasteiger partial charge >= 0.3 is 6.18 Å². The lowest BCUT2D eigenvalue weighted by atomic mass is 9.97. The Labute approximate surface area is 179 Å². The SMILES string of the molecule is CC1CN(c2ccnc(-c3cnc4sc(C(F)(F)F)cn34)n2)C(C)C(c2cn[nH]c2)N1. The number of halogens is 3. The van der Waals surface area contributed by atoms with Gasteiger partial charge in [0.1, 0.15) is 16.4 Å². The predicted molar refractivity (Wildman–Crippen MR) is 110 cm³/mol. The number of anilines is 1. The van der Waals surface area contributed by atoms with Crippen molar-refractivity contribution in [1.29, 1.82) is 0 Å². The van der Waals surface area contributed by atoms with Crippen LogP contribution in [0.15, 0.2) is 37.1 Å². The molecular formula is C19H19F3N8S. The molecule has 5 rings (SSSR count). The van der Waals surface area contributed by atoms with E-state index in [1.54, 1.807) is 12.4 Å². The van der Waals surface area contributed by atoms with Gasteiger partial charge in [-0.15, -0.1) is 0 Å². The summed E-state index contributed by atoms with van der Waals surface area (Å²) < 4.78 is 40.7. The predicted octanol–water partition coefficient (Wildman–Crippen LogP) is 3.52. The van der Waals surface area contributed by atoms with Gasteiger partial charge in [0.25, 0.3) is 0 Å². The molecule has 1 saturated heterocycles. The van der Waals surface area contributed by atoms with Gasteiger partial charge in [-0.25, -0.2) is 15.0 Å². The number of hydrogen-bond donors (Lipinski definition) is 2. The Morgan fingerprint density at radius 2 is 2.03 bits per heavy atom. The second-order valence-corrected chi connectivity index (χ2v) is 8.61. The molecule has 3 atom stereocenters. The van der Waals surface area contributed by atoms with Crippen LogP contribution in [0.5, 0.6) is 0 Å². The molecule has 1 aliphatic heterocycles. The Hall–Kier alpha value is -2.99. The lowest BCUT2D eigenvalue weighted by Gasteiger charge is -2.43. The number of nitrogens with one attached hydrogen (secondary N) is 2. The number of hydrogen-bond acceptors (Lipinski definition) is 7. The molecule has 162 valence electrons. The van der Waals surface area contributed by atoms with E-state index in [9.17, 15) is 13.2 Å². The lowest BCUT2D eigenvalue weighted by Crippen LogP contribution is -2.56. The summed E-state index contributed by atoms with van der Waals surface area (Å²) in [5.41, 5.74) is 1.47. The highest BCUT2D eigenvalue weighted by atomic mass is 32.1. The van der Waals surface area contributed by atoms with Crippen molar-refractivity contribution in [2.75, 3.05) is 11.4 Å². The third-order valence-corrected chi connectivity index (χ3v) is 6.48. The first-order valence-corrected chi connectivity index (χ1v) is 10.5. The number of aromatic amines is 1. The molecule has 31 heavy (non-hydrogen) atoms. The third kappa shape index (κ3) is 3.55. The zero-order valence-corrected chi connectivity index (χ0v) is 17.4. The van der Waals surface area contributed by atoms with E-state index in [2.05, 4.69) is 49.2 Å². The molecule has 2 N–H and O–H groups in total. The average Bonchev–Trinajstić information content (AvgIpc) is 3.46. The van der Waals surface area contributed by atoms with Gasteiger partial charge in [-0.3, -0.25) is 9.50 Å². The molecule has 0 spiro atoms. The van der Waals surface area contributed by atoms with E-state index in [4.69, 9.17) is 0 Å². The summed E-state index contributed by atoms with van der Waals surface area (Å²) in [4.78, 5) is 14.8. The van der Waals surface area contributed by atoms with Crippen LogP contribution in [0.1, 0.15) is 30.3 Å². The smallest absolute Gasteiger partial charge is 0.350 e. The molecule has 0 amide bonds. The van der Waals surface area contributed by atoms with Crippen LogP contribution in [-0.2, 0) is 6.18 Å². The van der Waals surface area contributed by atoms with Gasteiger partial charge in [-0.1, -0.05) is 11.3 Å². The van der Waals surface area contributed by atoms with Gasteiger partial charge in [0.05, 0.1) is 18.4 Å². The molecule has 1 fully saturated rings. The Balaban J connectivity index is 1.50. The van der Waals surface area contributed by atoms with Crippen molar-refractivity contribution in [2.24, 2.45) is 0 Å². The van der Waals surface area contributed by atoms with Crippen molar-refractivity contribution in [3.05, 3.63) is 47.5 Å². The summed E-state index contributed by atoms with van der Waals surface area (Å²) >= 11 is 0.595. The number of imidazole rings is 1. The van der Waals surface area contributed by atoms with Crippen molar-refractivity contribution in [2.45, 2.75) is 38.1 Å². The summed E-state index contributed by atoms with van der Waals surface area (Å²) in [6, 6.07) is 2.13. The monoisotopic (exact) mass is 448 g/mol. The van der Waals surface area contributed by atoms with Gasteiger partial charge in [-0.2, -0.15) is 18.3 Å². The van der Waals surface area contributed by atoms with E-state index in [0.29, 0.717) is 28.7 Å². The van der Waals surface area contributed by atoms with Gasteiger partial charge in [-0.05, 0) is 19.9 Å². The van der Waals surface area contributed by atoms with Crippen molar-refractivity contribution < 1.29 is 13.2 Å². The molecule has 0 aliphatic carbocycles. The number of nitrogens with zero attached hydrogens (tertiary/aromatic N) is 6. The minimum atomic E-state index is -4.42. The highest BCUT2D eigenvalue weighted by Gasteiger charge is 2.35. The van der Waals surface area contributed by atoms with Crippen LogP contribution in [0.3, 0.4) is 0 Å². The van der Waals surface area contributed by atoms with Crippen molar-refractivity contribution >= 4 is 22.1 Å². The quantitative estimate of drug-likeness (QED) is 0.499. The van der Waals surface area contributed by atoms with Gasteiger partial charge < -0.3 is 10.2 Å². The van der Waals surface area contributed by atoms with E-state index >= 15 is 0 Å². The summed E-state index contributed by atoms with van der Waals surface area (Å²) in [5.74, 6) is 1.04. The van der Waals surface area contributed by atoms with Crippen LogP contribution in [0.25, 0.3) is 16.5 Å². The number of thiazole rings is 1. The van der Waals surface area contributed by atoms with Gasteiger partial charge in [0.2, 0.25) is 0 Å². The van der Waals surface area contributed by atoms with Gasteiger partial charge in [0.15, 0.2) is 10.8 Å². The number of rotatable bonds is 3. The molecule has 4 aromatic rings. The summed E-state index contributed by atoms with van der Waals surface area (Å²) in [6.07, 6.45) is 3.42. The van der Waals surface area contributed by atoms with Crippen LogP contribution in [0.4, 0.5) is 19.0 Å². The molecule has 0 saturated carbocycles. The van der Waals surface area contributed by atoms with E-state index in [-0.39, 0.29) is 23.1 Å². The zero-order valence-electron chi connectivity index (χ0n) is 16.6. The molecule has 12 heteroatoms. The molecule has 0 bridgehead atoms. The van der Waals surface area contributed by atoms with Crippen LogP contribution in [-0.4, -0.2) is 48.2 Å². The fraction of sp³-hybridized carbons (Fsp3) is 0.368. The van der Waals surface area contributed by atoms with Crippen molar-refractivity contribution in [1.82, 2.24) is 34.9 Å². The highest BCUT2D eigenvalue weighted by molar-refractivity contribution is 7.17. The second kappa shape index (κ2) is 7.31. The number of aromatic nitrogens is 6. The average molecular weight is 448 g/mol. The maximum Gasteiger partial charge on any atom is 0.427 e. The molecule has 0 radical (unpaired) electrons. The molecule has 1 aliphatic rings. The number of H-pyrrole nitrogens is 1. The summed E-state index contributed by atoms with van der Waals surface area (Å²) in [6.45, 7) is 4.92. The summed E-state index contributed by atoms with van der Waals surface area (Å²) in [7, 11) is 0. The van der Waals surface area contributed by atoms with Crippen LogP contribution in [0.2, 0.25) is 0 Å². The minimum absolute atomic E-state index is 0.0498. The van der Waals surface area contributed by atoms with Crippen LogP contribution in [0, 0.1) is 0 Å². The largest absolute Gasteiger partial charge is 0.427 e. The second-order valence-electron chi connectivity index (χ2n) is 7.60. The molecule has 5 heterocycles. The van der Waals surface area contributed by atoms with Crippen LogP contribution >= 0.6 is 11.3 Å². The molecule has 0 aromatic carbocycles. The Bertz CT molecular complexity index is 1200. The number of piperazine rings is 1. The van der Waals surface area contributed by atoms with E-state index in [1.807, 2.05) is 12.3 Å². The van der Waals surface area contributed by atoms with E-state index < -0.39 is 11.1 Å². The fourth-order valence-electron chi connectivity index (χ4n) is 3.96. The fourth-order valence-corrected chi connectivity index (χ4v) is 4.79. The summed E-state index contributed by atoms with van der Waals surface area (Å²) in [5, 5.41) is 10.5. The molecular weight excluding hydrogens is 429 g/mol. The lowest BCUT2D eigenvalue weighted by molar-refractivity contribution is -0.134. The first-order chi connectivity index (χ1) is 14.8.